The van der Waals surface area contributed by atoms with Crippen LogP contribution in [0.4, 0.5) is 17.3 Å². The molecule has 2 aromatic carbocycles. The van der Waals surface area contributed by atoms with E-state index in [0.29, 0.717) is 0 Å². The SMILES string of the molecule is c1cc2c(c(N(CCCCNc3ncc[nH]3)Cc3nc4ccccc4[nH]3)c1)NCCC2. The number of unbranched alkanes of at least 4 members (excludes halogenated alkanes) is 1. The van der Waals surface area contributed by atoms with Crippen molar-refractivity contribution in [2.45, 2.75) is 32.2 Å². The van der Waals surface area contributed by atoms with Crippen LogP contribution in [0.15, 0.2) is 54.9 Å². The van der Waals surface area contributed by atoms with E-state index in [0.717, 1.165) is 68.2 Å². The van der Waals surface area contributed by atoms with Crippen molar-refractivity contribution in [3.05, 3.63) is 66.2 Å². The van der Waals surface area contributed by atoms with Crippen LogP contribution in [0.1, 0.15) is 30.7 Å². The number of para-hydroxylation sites is 3. The normalized spacial score (nSPS) is 13.0. The van der Waals surface area contributed by atoms with E-state index in [1.54, 1.807) is 6.20 Å². The highest BCUT2D eigenvalue weighted by Crippen LogP contribution is 2.34. The molecule has 5 rings (SSSR count). The molecule has 0 saturated carbocycles. The number of aromatic amines is 2. The number of aryl methyl sites for hydroxylation is 1. The predicted molar refractivity (Wildman–Crippen MR) is 127 cm³/mol. The van der Waals surface area contributed by atoms with Crippen molar-refractivity contribution in [2.24, 2.45) is 0 Å². The van der Waals surface area contributed by atoms with Crippen molar-refractivity contribution >= 4 is 28.4 Å². The maximum Gasteiger partial charge on any atom is 0.200 e. The first-order valence-electron chi connectivity index (χ1n) is 11.1. The summed E-state index contributed by atoms with van der Waals surface area (Å²) in [4.78, 5) is 18.1. The summed E-state index contributed by atoms with van der Waals surface area (Å²) in [5.74, 6) is 1.84. The largest absolute Gasteiger partial charge is 0.383 e. The summed E-state index contributed by atoms with van der Waals surface area (Å²) < 4.78 is 0. The minimum Gasteiger partial charge on any atom is -0.383 e. The minimum atomic E-state index is 0.762. The molecule has 7 heteroatoms. The number of nitrogens with one attached hydrogen (secondary N) is 4. The van der Waals surface area contributed by atoms with E-state index in [4.69, 9.17) is 4.98 Å². The third kappa shape index (κ3) is 4.50. The van der Waals surface area contributed by atoms with Gasteiger partial charge in [0.1, 0.15) is 5.82 Å². The fourth-order valence-electron chi connectivity index (χ4n) is 4.30. The molecule has 4 N–H and O–H groups in total. The van der Waals surface area contributed by atoms with E-state index >= 15 is 0 Å². The minimum absolute atomic E-state index is 0.762. The monoisotopic (exact) mass is 415 g/mol. The zero-order valence-electron chi connectivity index (χ0n) is 17.7. The van der Waals surface area contributed by atoms with Gasteiger partial charge < -0.3 is 25.5 Å². The molecule has 0 radical (unpaired) electrons. The van der Waals surface area contributed by atoms with Crippen molar-refractivity contribution < 1.29 is 0 Å². The fraction of sp³-hybridized carbons (Fsp3) is 0.333. The molecule has 2 aromatic heterocycles. The second-order valence-corrected chi connectivity index (χ2v) is 8.04. The summed E-state index contributed by atoms with van der Waals surface area (Å²) >= 11 is 0. The molecule has 0 aliphatic carbocycles. The van der Waals surface area contributed by atoms with E-state index in [2.05, 4.69) is 60.8 Å². The number of H-pyrrole nitrogens is 2. The molecule has 0 bridgehead atoms. The molecule has 0 spiro atoms. The van der Waals surface area contributed by atoms with Crippen LogP contribution in [0.25, 0.3) is 11.0 Å². The Kier molecular flexibility index (Phi) is 5.73. The summed E-state index contributed by atoms with van der Waals surface area (Å²) in [5.41, 5.74) is 6.09. The van der Waals surface area contributed by atoms with Crippen LogP contribution in [0.2, 0.25) is 0 Å². The summed E-state index contributed by atoms with van der Waals surface area (Å²) in [7, 11) is 0. The molecule has 0 unspecified atom stereocenters. The number of benzene rings is 2. The number of fused-ring (bicyclic) bond motifs is 2. The summed E-state index contributed by atoms with van der Waals surface area (Å²) in [6, 6.07) is 14.9. The van der Waals surface area contributed by atoms with E-state index in [1.165, 1.54) is 23.4 Å². The van der Waals surface area contributed by atoms with Crippen molar-refractivity contribution in [3.8, 4) is 0 Å². The van der Waals surface area contributed by atoms with Crippen molar-refractivity contribution in [1.29, 1.82) is 0 Å². The molecular weight excluding hydrogens is 386 g/mol. The molecule has 0 atom stereocenters. The first-order chi connectivity index (χ1) is 15.4. The van der Waals surface area contributed by atoms with Gasteiger partial charge in [0.05, 0.1) is 29.0 Å². The molecule has 31 heavy (non-hydrogen) atoms. The van der Waals surface area contributed by atoms with Crippen molar-refractivity contribution in [1.82, 2.24) is 19.9 Å². The van der Waals surface area contributed by atoms with Gasteiger partial charge in [-0.2, -0.15) is 0 Å². The molecule has 4 aromatic rings. The highest BCUT2D eigenvalue weighted by molar-refractivity contribution is 5.76. The third-order valence-electron chi connectivity index (χ3n) is 5.82. The van der Waals surface area contributed by atoms with E-state index in [-0.39, 0.29) is 0 Å². The van der Waals surface area contributed by atoms with Gasteiger partial charge in [0, 0.05) is 32.0 Å². The van der Waals surface area contributed by atoms with Crippen molar-refractivity contribution in [3.63, 3.8) is 0 Å². The Hall–Kier alpha value is -3.48. The number of aromatic nitrogens is 4. The lowest BCUT2D eigenvalue weighted by molar-refractivity contribution is 0.687. The number of hydrogen-bond acceptors (Lipinski definition) is 5. The van der Waals surface area contributed by atoms with Gasteiger partial charge in [-0.05, 0) is 49.4 Å². The zero-order valence-corrected chi connectivity index (χ0v) is 17.7. The van der Waals surface area contributed by atoms with Crippen LogP contribution < -0.4 is 15.5 Å². The molecular formula is C24H29N7. The highest BCUT2D eigenvalue weighted by Gasteiger charge is 2.18. The summed E-state index contributed by atoms with van der Waals surface area (Å²) in [5, 5.41) is 6.99. The quantitative estimate of drug-likeness (QED) is 0.302. The average Bonchev–Trinajstić information content (AvgIpc) is 3.47. The topological polar surface area (TPSA) is 84.7 Å². The van der Waals surface area contributed by atoms with E-state index in [1.807, 2.05) is 18.3 Å². The zero-order chi connectivity index (χ0) is 20.9. The van der Waals surface area contributed by atoms with Gasteiger partial charge in [-0.1, -0.05) is 24.3 Å². The second kappa shape index (κ2) is 9.12. The third-order valence-corrected chi connectivity index (χ3v) is 5.82. The van der Waals surface area contributed by atoms with Crippen LogP contribution in [-0.2, 0) is 13.0 Å². The van der Waals surface area contributed by atoms with Gasteiger partial charge in [-0.25, -0.2) is 9.97 Å². The van der Waals surface area contributed by atoms with Crippen LogP contribution in [-0.4, -0.2) is 39.6 Å². The Balaban J connectivity index is 1.32. The molecule has 1 aliphatic rings. The van der Waals surface area contributed by atoms with Gasteiger partial charge in [0.15, 0.2) is 5.95 Å². The van der Waals surface area contributed by atoms with Crippen LogP contribution >= 0.6 is 0 Å². The Morgan fingerprint density at radius 1 is 1.06 bits per heavy atom. The predicted octanol–water partition coefficient (Wildman–Crippen LogP) is 4.54. The summed E-state index contributed by atoms with van der Waals surface area (Å²) in [6.07, 6.45) is 8.09. The Bertz CT molecular complexity index is 1080. The van der Waals surface area contributed by atoms with Gasteiger partial charge in [-0.3, -0.25) is 0 Å². The van der Waals surface area contributed by atoms with Gasteiger partial charge in [0.2, 0.25) is 0 Å². The molecule has 1 aliphatic heterocycles. The first kappa shape index (κ1) is 19.5. The number of rotatable bonds is 9. The number of nitrogens with zero attached hydrogens (tertiary/aromatic N) is 3. The number of hydrogen-bond donors (Lipinski definition) is 4. The molecule has 0 saturated heterocycles. The van der Waals surface area contributed by atoms with E-state index < -0.39 is 0 Å². The van der Waals surface area contributed by atoms with Gasteiger partial charge in [0.25, 0.3) is 0 Å². The van der Waals surface area contributed by atoms with E-state index in [9.17, 15) is 0 Å². The lowest BCUT2D eigenvalue weighted by atomic mass is 10.0. The molecule has 160 valence electrons. The molecule has 0 amide bonds. The molecule has 0 fully saturated rings. The lowest BCUT2D eigenvalue weighted by Crippen LogP contribution is -2.27. The average molecular weight is 416 g/mol. The maximum absolute atomic E-state index is 4.83. The van der Waals surface area contributed by atoms with Gasteiger partial charge >= 0.3 is 0 Å². The highest BCUT2D eigenvalue weighted by atomic mass is 15.2. The first-order valence-corrected chi connectivity index (χ1v) is 11.1. The number of imidazole rings is 2. The van der Waals surface area contributed by atoms with Crippen LogP contribution in [0.3, 0.4) is 0 Å². The maximum atomic E-state index is 4.83. The Morgan fingerprint density at radius 3 is 2.94 bits per heavy atom. The molecule has 3 heterocycles. The van der Waals surface area contributed by atoms with Crippen molar-refractivity contribution in [2.75, 3.05) is 35.2 Å². The molecule has 7 nitrogen and oxygen atoms in total. The van der Waals surface area contributed by atoms with Crippen LogP contribution in [0.5, 0.6) is 0 Å². The lowest BCUT2D eigenvalue weighted by Gasteiger charge is -2.30. The van der Waals surface area contributed by atoms with Gasteiger partial charge in [-0.15, -0.1) is 0 Å². The smallest absolute Gasteiger partial charge is 0.200 e. The van der Waals surface area contributed by atoms with Crippen LogP contribution in [0, 0.1) is 0 Å². The fourth-order valence-corrected chi connectivity index (χ4v) is 4.30. The standard InChI is InChI=1S/C24H29N7/c1-2-10-20-19(9-1)29-22(30-20)17-31(16-4-3-12-26-24-27-14-15-28-24)21-11-5-7-18-8-6-13-25-23(18)21/h1-2,5,7,9-11,14-15,25H,3-4,6,8,12-13,16-17H2,(H,29,30)(H2,26,27,28). The Labute approximate surface area is 182 Å². The number of anilines is 3. The Morgan fingerprint density at radius 2 is 2.03 bits per heavy atom. The summed E-state index contributed by atoms with van der Waals surface area (Å²) in [6.45, 7) is 3.67. The second-order valence-electron chi connectivity index (χ2n) is 8.04.